The molecule has 3 heterocycles. The van der Waals surface area contributed by atoms with Crippen molar-refractivity contribution in [3.8, 4) is 29.0 Å². The van der Waals surface area contributed by atoms with Crippen LogP contribution in [-0.4, -0.2) is 4.57 Å². The number of hydrogen-bond acceptors (Lipinski definition) is 4. The molecule has 0 unspecified atom stereocenters. The zero-order valence-electron chi connectivity index (χ0n) is 22.6. The maximum Gasteiger partial charge on any atom is 0.178 e. The highest BCUT2D eigenvalue weighted by molar-refractivity contribution is 6.19. The minimum atomic E-state index is 0.589. The molecule has 0 radical (unpaired) electrons. The van der Waals surface area contributed by atoms with Crippen LogP contribution in [0.25, 0.3) is 82.5 Å². The summed E-state index contributed by atoms with van der Waals surface area (Å²) in [4.78, 5) is 0. The second-order valence-electron chi connectivity index (χ2n) is 10.8. The Labute approximate surface area is 244 Å². The van der Waals surface area contributed by atoms with Crippen molar-refractivity contribution in [2.45, 2.75) is 0 Å². The minimum absolute atomic E-state index is 0.589. The van der Waals surface area contributed by atoms with Crippen LogP contribution in [-0.2, 0) is 0 Å². The van der Waals surface area contributed by atoms with Crippen molar-refractivity contribution >= 4 is 65.7 Å². The van der Waals surface area contributed by atoms with E-state index in [-0.39, 0.29) is 0 Å². The Morgan fingerprint density at radius 1 is 0.488 bits per heavy atom. The van der Waals surface area contributed by atoms with Crippen LogP contribution >= 0.6 is 0 Å². The Bertz CT molecular complexity index is 2650. The standard InChI is InChI=1S/C38H19N3O2/c39-20-22-10-15-35-30(17-22)28-13-14-29-31-19-24(11-16-36(31)43-38(29)37(28)42-35)25-12-9-23(21-40)18-34(25)41-32-7-3-1-5-26(32)27-6-2-4-8-33(27)41/h1-19H. The van der Waals surface area contributed by atoms with Gasteiger partial charge in [0.2, 0.25) is 0 Å². The fourth-order valence-corrected chi connectivity index (χ4v) is 6.52. The molecule has 0 bridgehead atoms. The number of aromatic nitrogens is 1. The van der Waals surface area contributed by atoms with Crippen molar-refractivity contribution in [3.05, 3.63) is 126 Å². The number of fused-ring (bicyclic) bond motifs is 10. The second-order valence-corrected chi connectivity index (χ2v) is 10.8. The summed E-state index contributed by atoms with van der Waals surface area (Å²) < 4.78 is 14.9. The van der Waals surface area contributed by atoms with Gasteiger partial charge in [0, 0.05) is 37.9 Å². The molecule has 0 aliphatic carbocycles. The molecule has 0 saturated carbocycles. The average Bonchev–Trinajstić information content (AvgIpc) is 3.73. The Kier molecular flexibility index (Phi) is 4.68. The number of furan rings is 2. The van der Waals surface area contributed by atoms with Crippen molar-refractivity contribution in [1.82, 2.24) is 4.57 Å². The summed E-state index contributed by atoms with van der Waals surface area (Å²) in [6.45, 7) is 0. The van der Waals surface area contributed by atoms with Crippen LogP contribution in [0.15, 0.2) is 124 Å². The lowest BCUT2D eigenvalue weighted by Crippen LogP contribution is -1.98. The van der Waals surface area contributed by atoms with Gasteiger partial charge in [0.1, 0.15) is 11.2 Å². The van der Waals surface area contributed by atoms with Gasteiger partial charge in [-0.05, 0) is 72.3 Å². The molecule has 0 atom stereocenters. The van der Waals surface area contributed by atoms with Gasteiger partial charge in [-0.1, -0.05) is 48.5 Å². The maximum absolute atomic E-state index is 9.85. The molecule has 9 aromatic rings. The Morgan fingerprint density at radius 3 is 1.70 bits per heavy atom. The SMILES string of the molecule is N#Cc1ccc(-c2ccc3oc4c(ccc5c6cc(C#N)ccc6oc54)c3c2)c(-n2c3ccccc3c3ccccc32)c1. The molecule has 0 amide bonds. The third-order valence-electron chi connectivity index (χ3n) is 8.46. The molecule has 0 aliphatic rings. The summed E-state index contributed by atoms with van der Waals surface area (Å²) in [6.07, 6.45) is 0. The smallest absolute Gasteiger partial charge is 0.178 e. The van der Waals surface area contributed by atoms with E-state index in [1.165, 1.54) is 10.8 Å². The first-order chi connectivity index (χ1) is 21.2. The van der Waals surface area contributed by atoms with E-state index in [0.29, 0.717) is 22.3 Å². The van der Waals surface area contributed by atoms with Crippen molar-refractivity contribution in [2.24, 2.45) is 0 Å². The normalized spacial score (nSPS) is 11.7. The topological polar surface area (TPSA) is 78.8 Å². The van der Waals surface area contributed by atoms with Gasteiger partial charge in [-0.15, -0.1) is 0 Å². The van der Waals surface area contributed by atoms with E-state index in [0.717, 1.165) is 60.6 Å². The number of para-hydroxylation sites is 2. The van der Waals surface area contributed by atoms with Gasteiger partial charge < -0.3 is 13.4 Å². The van der Waals surface area contributed by atoms with E-state index in [1.54, 1.807) is 6.07 Å². The summed E-state index contributed by atoms with van der Waals surface area (Å²) in [5.41, 5.74) is 9.16. The number of rotatable bonds is 2. The van der Waals surface area contributed by atoms with Crippen LogP contribution in [0.3, 0.4) is 0 Å². The summed E-state index contributed by atoms with van der Waals surface area (Å²) in [7, 11) is 0. The van der Waals surface area contributed by atoms with Gasteiger partial charge in [0.05, 0.1) is 40.0 Å². The maximum atomic E-state index is 9.85. The number of nitriles is 2. The van der Waals surface area contributed by atoms with Crippen LogP contribution < -0.4 is 0 Å². The lowest BCUT2D eigenvalue weighted by atomic mass is 9.99. The van der Waals surface area contributed by atoms with Crippen LogP contribution in [0.4, 0.5) is 0 Å². The Hall–Kier alpha value is -6.30. The molecule has 0 N–H and O–H groups in total. The van der Waals surface area contributed by atoms with Gasteiger partial charge in [-0.2, -0.15) is 10.5 Å². The largest absolute Gasteiger partial charge is 0.452 e. The third-order valence-corrected chi connectivity index (χ3v) is 8.46. The molecule has 0 fully saturated rings. The van der Waals surface area contributed by atoms with Crippen molar-refractivity contribution < 1.29 is 8.83 Å². The molecular weight excluding hydrogens is 530 g/mol. The Balaban J connectivity index is 1.31. The van der Waals surface area contributed by atoms with Gasteiger partial charge in [0.25, 0.3) is 0 Å². The quantitative estimate of drug-likeness (QED) is 0.215. The van der Waals surface area contributed by atoms with E-state index in [2.05, 4.69) is 83.4 Å². The van der Waals surface area contributed by atoms with Crippen LogP contribution in [0.2, 0.25) is 0 Å². The van der Waals surface area contributed by atoms with E-state index < -0.39 is 0 Å². The van der Waals surface area contributed by atoms with Gasteiger partial charge in [-0.25, -0.2) is 0 Å². The van der Waals surface area contributed by atoms with Gasteiger partial charge in [-0.3, -0.25) is 0 Å². The van der Waals surface area contributed by atoms with E-state index in [9.17, 15) is 10.5 Å². The Morgan fingerprint density at radius 2 is 1.05 bits per heavy atom. The molecule has 0 saturated heterocycles. The zero-order valence-corrected chi connectivity index (χ0v) is 22.6. The van der Waals surface area contributed by atoms with Crippen LogP contribution in [0, 0.1) is 22.7 Å². The monoisotopic (exact) mass is 549 g/mol. The highest BCUT2D eigenvalue weighted by Gasteiger charge is 2.19. The lowest BCUT2D eigenvalue weighted by Gasteiger charge is -2.15. The molecule has 3 aromatic heterocycles. The van der Waals surface area contributed by atoms with Crippen LogP contribution in [0.1, 0.15) is 11.1 Å². The predicted octanol–water partition coefficient (Wildman–Crippen LogP) is 9.99. The summed E-state index contributed by atoms with van der Waals surface area (Å²) in [5, 5.41) is 25.3. The summed E-state index contributed by atoms with van der Waals surface area (Å²) in [5.74, 6) is 0. The van der Waals surface area contributed by atoms with Crippen molar-refractivity contribution in [2.75, 3.05) is 0 Å². The van der Waals surface area contributed by atoms with Crippen LogP contribution in [0.5, 0.6) is 0 Å². The third kappa shape index (κ3) is 3.25. The number of benzene rings is 6. The molecule has 6 aromatic carbocycles. The number of nitrogens with zero attached hydrogens (tertiary/aromatic N) is 3. The average molecular weight is 550 g/mol. The van der Waals surface area contributed by atoms with Gasteiger partial charge in [0.15, 0.2) is 11.2 Å². The number of hydrogen-bond donors (Lipinski definition) is 0. The van der Waals surface area contributed by atoms with E-state index >= 15 is 0 Å². The lowest BCUT2D eigenvalue weighted by molar-refractivity contribution is 0.633. The van der Waals surface area contributed by atoms with E-state index in [1.807, 2.05) is 42.5 Å². The van der Waals surface area contributed by atoms with Crippen molar-refractivity contribution in [3.63, 3.8) is 0 Å². The fourth-order valence-electron chi connectivity index (χ4n) is 6.52. The molecule has 5 heteroatoms. The molecule has 9 rings (SSSR count). The molecular formula is C38H19N3O2. The first kappa shape index (κ1) is 23.4. The molecule has 0 spiro atoms. The highest BCUT2D eigenvalue weighted by atomic mass is 16.4. The zero-order chi connectivity index (χ0) is 28.7. The second kappa shape index (κ2) is 8.60. The predicted molar refractivity (Wildman–Crippen MR) is 170 cm³/mol. The minimum Gasteiger partial charge on any atom is -0.452 e. The highest BCUT2D eigenvalue weighted by Crippen LogP contribution is 2.41. The molecule has 198 valence electrons. The summed E-state index contributed by atoms with van der Waals surface area (Å²) in [6, 6.07) is 43.0. The molecule has 0 aliphatic heterocycles. The van der Waals surface area contributed by atoms with Gasteiger partial charge >= 0.3 is 0 Å². The fraction of sp³-hybridized carbons (Fsp3) is 0. The first-order valence-electron chi connectivity index (χ1n) is 14.0. The molecule has 5 nitrogen and oxygen atoms in total. The van der Waals surface area contributed by atoms with E-state index in [4.69, 9.17) is 8.83 Å². The first-order valence-corrected chi connectivity index (χ1v) is 14.0. The summed E-state index contributed by atoms with van der Waals surface area (Å²) >= 11 is 0. The van der Waals surface area contributed by atoms with Crippen molar-refractivity contribution in [1.29, 1.82) is 10.5 Å². The molecule has 43 heavy (non-hydrogen) atoms.